The third-order valence-corrected chi connectivity index (χ3v) is 4.16. The number of aryl methyl sites for hydroxylation is 2. The third-order valence-electron chi connectivity index (χ3n) is 4.16. The van der Waals surface area contributed by atoms with E-state index in [2.05, 4.69) is 23.0 Å². The van der Waals surface area contributed by atoms with E-state index >= 15 is 0 Å². The molecule has 1 N–H and O–H groups in total. The zero-order valence-corrected chi connectivity index (χ0v) is 12.8. The largest absolute Gasteiger partial charge is 0.313 e. The lowest BCUT2D eigenvalue weighted by Gasteiger charge is -2.30. The summed E-state index contributed by atoms with van der Waals surface area (Å²) in [7, 11) is 0. The number of hydrogen-bond acceptors (Lipinski definition) is 3. The van der Waals surface area contributed by atoms with Crippen LogP contribution in [0, 0.1) is 13.8 Å². The number of carbonyl (C=O) groups excluding carboxylic acids is 1. The molecule has 22 heavy (non-hydrogen) atoms. The van der Waals surface area contributed by atoms with Crippen molar-refractivity contribution in [2.45, 2.75) is 33.1 Å². The van der Waals surface area contributed by atoms with Crippen molar-refractivity contribution in [2.75, 3.05) is 11.4 Å². The molecule has 5 nitrogen and oxygen atoms in total. The molecule has 0 atom stereocenters. The van der Waals surface area contributed by atoms with E-state index in [1.165, 1.54) is 17.5 Å². The van der Waals surface area contributed by atoms with Crippen molar-refractivity contribution >= 4 is 11.6 Å². The highest BCUT2D eigenvalue weighted by molar-refractivity contribution is 5.95. The van der Waals surface area contributed by atoms with Gasteiger partial charge in [-0.1, -0.05) is 17.7 Å². The predicted octanol–water partition coefficient (Wildman–Crippen LogP) is 1.91. The maximum atomic E-state index is 12.7. The Bertz CT molecular complexity index is 780. The molecule has 0 unspecified atom stereocenters. The molecule has 3 rings (SSSR count). The van der Waals surface area contributed by atoms with Crippen molar-refractivity contribution < 1.29 is 4.79 Å². The van der Waals surface area contributed by atoms with Crippen LogP contribution < -0.4 is 10.5 Å². The van der Waals surface area contributed by atoms with Gasteiger partial charge in [-0.05, 0) is 38.3 Å². The first-order valence-corrected chi connectivity index (χ1v) is 7.49. The monoisotopic (exact) mass is 297 g/mol. The van der Waals surface area contributed by atoms with Crippen LogP contribution in [0.3, 0.4) is 0 Å². The van der Waals surface area contributed by atoms with Gasteiger partial charge in [0.05, 0.1) is 18.4 Å². The summed E-state index contributed by atoms with van der Waals surface area (Å²) in [4.78, 5) is 32.7. The highest BCUT2D eigenvalue weighted by Gasteiger charge is 2.23. The Morgan fingerprint density at radius 2 is 2.18 bits per heavy atom. The average Bonchev–Trinajstić information content (AvgIpc) is 2.51. The van der Waals surface area contributed by atoms with Gasteiger partial charge in [0.1, 0.15) is 0 Å². The van der Waals surface area contributed by atoms with E-state index in [0.717, 1.165) is 25.1 Å². The number of hydrogen-bond donors (Lipinski definition) is 1. The molecule has 1 aliphatic heterocycles. The summed E-state index contributed by atoms with van der Waals surface area (Å²) in [5, 5.41) is 0. The smallest absolute Gasteiger partial charge is 0.253 e. The molecule has 0 spiro atoms. The molecule has 1 aromatic carbocycles. The van der Waals surface area contributed by atoms with E-state index in [1.54, 1.807) is 6.92 Å². The Hall–Kier alpha value is -2.43. The Kier molecular flexibility index (Phi) is 3.79. The van der Waals surface area contributed by atoms with Crippen LogP contribution in [-0.2, 0) is 17.6 Å². The quantitative estimate of drug-likeness (QED) is 0.921. The van der Waals surface area contributed by atoms with Gasteiger partial charge in [0.15, 0.2) is 0 Å². The number of H-pyrrole nitrogens is 1. The van der Waals surface area contributed by atoms with Crippen LogP contribution in [0.4, 0.5) is 5.69 Å². The van der Waals surface area contributed by atoms with Gasteiger partial charge < -0.3 is 9.88 Å². The van der Waals surface area contributed by atoms with Gasteiger partial charge >= 0.3 is 0 Å². The first kappa shape index (κ1) is 14.5. The molecular weight excluding hydrogens is 278 g/mol. The van der Waals surface area contributed by atoms with Crippen LogP contribution in [0.5, 0.6) is 0 Å². The van der Waals surface area contributed by atoms with Crippen LogP contribution in [-0.4, -0.2) is 22.4 Å². The number of fused-ring (bicyclic) bond motifs is 1. The number of amides is 1. The topological polar surface area (TPSA) is 66.1 Å². The fourth-order valence-electron chi connectivity index (χ4n) is 2.91. The molecule has 2 aromatic rings. The zero-order chi connectivity index (χ0) is 15.7. The second-order valence-corrected chi connectivity index (χ2v) is 5.76. The van der Waals surface area contributed by atoms with Crippen molar-refractivity contribution in [3.05, 3.63) is 57.3 Å². The molecule has 1 aliphatic rings. The molecule has 0 fully saturated rings. The average molecular weight is 297 g/mol. The van der Waals surface area contributed by atoms with E-state index in [4.69, 9.17) is 0 Å². The summed E-state index contributed by atoms with van der Waals surface area (Å²) in [6.45, 7) is 4.48. The molecule has 1 amide bonds. The number of carbonyl (C=O) groups is 1. The van der Waals surface area contributed by atoms with Crippen LogP contribution in [0.2, 0.25) is 0 Å². The molecule has 0 aliphatic carbocycles. The SMILES string of the molecule is Cc1ccc2c(c1)CCCN2C(=O)Cc1nc[nH]c(=O)c1C. The minimum Gasteiger partial charge on any atom is -0.313 e. The van der Waals surface area contributed by atoms with E-state index in [-0.39, 0.29) is 17.9 Å². The van der Waals surface area contributed by atoms with E-state index in [9.17, 15) is 9.59 Å². The number of anilines is 1. The number of aromatic amines is 1. The van der Waals surface area contributed by atoms with E-state index in [0.29, 0.717) is 11.3 Å². The first-order valence-electron chi connectivity index (χ1n) is 7.49. The van der Waals surface area contributed by atoms with Crippen molar-refractivity contribution in [3.63, 3.8) is 0 Å². The lowest BCUT2D eigenvalue weighted by Crippen LogP contribution is -2.37. The summed E-state index contributed by atoms with van der Waals surface area (Å²) >= 11 is 0. The molecule has 5 heteroatoms. The molecule has 1 aromatic heterocycles. The maximum Gasteiger partial charge on any atom is 0.253 e. The fraction of sp³-hybridized carbons (Fsp3) is 0.353. The third kappa shape index (κ3) is 2.66. The maximum absolute atomic E-state index is 12.7. The van der Waals surface area contributed by atoms with Crippen LogP contribution in [0.15, 0.2) is 29.3 Å². The van der Waals surface area contributed by atoms with Gasteiger partial charge in [-0.2, -0.15) is 0 Å². The molecule has 0 bridgehead atoms. The van der Waals surface area contributed by atoms with Crippen LogP contribution in [0.1, 0.15) is 28.8 Å². The van der Waals surface area contributed by atoms with Gasteiger partial charge in [-0.25, -0.2) is 4.98 Å². The van der Waals surface area contributed by atoms with Gasteiger partial charge in [-0.15, -0.1) is 0 Å². The number of benzene rings is 1. The van der Waals surface area contributed by atoms with Crippen molar-refractivity contribution in [2.24, 2.45) is 0 Å². The highest BCUT2D eigenvalue weighted by atomic mass is 16.2. The van der Waals surface area contributed by atoms with Crippen LogP contribution in [0.25, 0.3) is 0 Å². The molecule has 0 radical (unpaired) electrons. The zero-order valence-electron chi connectivity index (χ0n) is 12.8. The standard InChI is InChI=1S/C17H19N3O2/c1-11-5-6-15-13(8-11)4-3-7-20(15)16(21)9-14-12(2)17(22)19-10-18-14/h5-6,8,10H,3-4,7,9H2,1-2H3,(H,18,19,22). The van der Waals surface area contributed by atoms with Gasteiger partial charge in [0.25, 0.3) is 5.56 Å². The van der Waals surface area contributed by atoms with Gasteiger partial charge in [0.2, 0.25) is 5.91 Å². The molecule has 0 saturated heterocycles. The highest BCUT2D eigenvalue weighted by Crippen LogP contribution is 2.28. The molecule has 2 heterocycles. The second kappa shape index (κ2) is 5.75. The first-order chi connectivity index (χ1) is 10.6. The Labute approximate surface area is 129 Å². The normalized spacial score (nSPS) is 13.8. The van der Waals surface area contributed by atoms with E-state index in [1.807, 2.05) is 17.0 Å². The van der Waals surface area contributed by atoms with Crippen molar-refractivity contribution in [3.8, 4) is 0 Å². The second-order valence-electron chi connectivity index (χ2n) is 5.76. The van der Waals surface area contributed by atoms with Gasteiger partial charge in [-0.3, -0.25) is 9.59 Å². The Morgan fingerprint density at radius 3 is 3.00 bits per heavy atom. The summed E-state index contributed by atoms with van der Waals surface area (Å²) in [6, 6.07) is 6.19. The minimum absolute atomic E-state index is 0.00833. The van der Waals surface area contributed by atoms with Crippen LogP contribution >= 0.6 is 0 Å². The number of nitrogens with one attached hydrogen (secondary N) is 1. The summed E-state index contributed by atoms with van der Waals surface area (Å²) in [5.74, 6) is -0.00833. The summed E-state index contributed by atoms with van der Waals surface area (Å²) in [5.41, 5.74) is 4.29. The Balaban J connectivity index is 1.88. The van der Waals surface area contributed by atoms with Gasteiger partial charge in [0, 0.05) is 17.8 Å². The lowest BCUT2D eigenvalue weighted by atomic mass is 9.99. The number of nitrogens with zero attached hydrogens (tertiary/aromatic N) is 2. The minimum atomic E-state index is -0.188. The summed E-state index contributed by atoms with van der Waals surface area (Å²) in [6.07, 6.45) is 3.47. The number of rotatable bonds is 2. The Morgan fingerprint density at radius 1 is 1.36 bits per heavy atom. The molecule has 114 valence electrons. The molecular formula is C17H19N3O2. The predicted molar refractivity (Wildman–Crippen MR) is 85.2 cm³/mol. The fourth-order valence-corrected chi connectivity index (χ4v) is 2.91. The lowest BCUT2D eigenvalue weighted by molar-refractivity contribution is -0.118. The molecule has 0 saturated carbocycles. The van der Waals surface area contributed by atoms with Crippen molar-refractivity contribution in [1.82, 2.24) is 9.97 Å². The summed E-state index contributed by atoms with van der Waals surface area (Å²) < 4.78 is 0. The van der Waals surface area contributed by atoms with E-state index < -0.39 is 0 Å². The van der Waals surface area contributed by atoms with Crippen molar-refractivity contribution in [1.29, 1.82) is 0 Å². The number of aromatic nitrogens is 2.